The molecule has 116 valence electrons. The molecule has 19 heavy (non-hydrogen) atoms. The molecule has 0 heteroatoms. The summed E-state index contributed by atoms with van der Waals surface area (Å²) in [6, 6.07) is 0. The summed E-state index contributed by atoms with van der Waals surface area (Å²) in [5.41, 5.74) is 0. The van der Waals surface area contributed by atoms with Crippen molar-refractivity contribution >= 4 is 0 Å². The Morgan fingerprint density at radius 1 is 0.474 bits per heavy atom. The van der Waals surface area contributed by atoms with Crippen LogP contribution in [0.15, 0.2) is 0 Å². The largest absolute Gasteiger partial charge is 0.0654 e. The second-order valence-corrected chi connectivity index (χ2v) is 6.57. The van der Waals surface area contributed by atoms with E-state index >= 15 is 0 Å². The first-order valence-corrected chi connectivity index (χ1v) is 9.31. The van der Waals surface area contributed by atoms with Crippen molar-refractivity contribution in [2.45, 2.75) is 117 Å². The van der Waals surface area contributed by atoms with Crippen molar-refractivity contribution in [2.24, 2.45) is 5.92 Å². The lowest BCUT2D eigenvalue weighted by Gasteiger charge is -2.10. The summed E-state index contributed by atoms with van der Waals surface area (Å²) < 4.78 is 0. The summed E-state index contributed by atoms with van der Waals surface area (Å²) in [6.07, 6.45) is 21.8. The second-order valence-electron chi connectivity index (χ2n) is 6.57. The lowest BCUT2D eigenvalue weighted by molar-refractivity contribution is 0.433. The van der Waals surface area contributed by atoms with Gasteiger partial charge in [0.1, 0.15) is 0 Å². The molecule has 1 atom stereocenters. The Morgan fingerprint density at radius 3 is 1.21 bits per heavy atom. The van der Waals surface area contributed by atoms with Gasteiger partial charge in [0.25, 0.3) is 0 Å². The van der Waals surface area contributed by atoms with Crippen molar-refractivity contribution in [2.75, 3.05) is 0 Å². The van der Waals surface area contributed by atoms with E-state index in [0.29, 0.717) is 0 Å². The summed E-state index contributed by atoms with van der Waals surface area (Å²) in [5.74, 6) is 0.974. The van der Waals surface area contributed by atoms with Gasteiger partial charge in [0.2, 0.25) is 0 Å². The van der Waals surface area contributed by atoms with Crippen LogP contribution in [0, 0.1) is 5.92 Å². The molecule has 0 aromatic carbocycles. The van der Waals surface area contributed by atoms with Crippen LogP contribution in [0.5, 0.6) is 0 Å². The third-order valence-corrected chi connectivity index (χ3v) is 4.35. The number of hydrogen-bond donors (Lipinski definition) is 0. The van der Waals surface area contributed by atoms with E-state index in [1.54, 1.807) is 0 Å². The van der Waals surface area contributed by atoms with Crippen LogP contribution in [0.25, 0.3) is 0 Å². The molecule has 0 bridgehead atoms. The Hall–Kier alpha value is 0. The molecule has 0 N–H and O–H groups in total. The zero-order chi connectivity index (χ0) is 14.2. The molecule has 0 saturated carbocycles. The molecule has 0 radical (unpaired) electrons. The van der Waals surface area contributed by atoms with E-state index in [2.05, 4.69) is 20.8 Å². The van der Waals surface area contributed by atoms with Gasteiger partial charge in [0.05, 0.1) is 0 Å². The highest BCUT2D eigenvalue weighted by atomic mass is 14.1. The summed E-state index contributed by atoms with van der Waals surface area (Å²) in [4.78, 5) is 0. The van der Waals surface area contributed by atoms with Crippen molar-refractivity contribution in [3.8, 4) is 0 Å². The summed E-state index contributed by atoms with van der Waals surface area (Å²) in [5, 5.41) is 0. The highest BCUT2D eigenvalue weighted by Gasteiger charge is 2.01. The van der Waals surface area contributed by atoms with Crippen molar-refractivity contribution in [3.05, 3.63) is 0 Å². The van der Waals surface area contributed by atoms with Gasteiger partial charge in [-0.05, 0) is 5.92 Å². The standard InChI is InChI=1S/C19H40/c1-4-6-8-10-11-12-13-14-16-18-19(3)17-15-9-7-5-2/h19H,4-18H2,1-3H3. The van der Waals surface area contributed by atoms with E-state index < -0.39 is 0 Å². The zero-order valence-corrected chi connectivity index (χ0v) is 14.2. The van der Waals surface area contributed by atoms with E-state index in [4.69, 9.17) is 0 Å². The average molecular weight is 269 g/mol. The van der Waals surface area contributed by atoms with E-state index in [9.17, 15) is 0 Å². The minimum absolute atomic E-state index is 0.974. The van der Waals surface area contributed by atoms with E-state index in [1.807, 2.05) is 0 Å². The van der Waals surface area contributed by atoms with E-state index in [1.165, 1.54) is 96.3 Å². The maximum absolute atomic E-state index is 2.46. The molecule has 0 aromatic heterocycles. The van der Waals surface area contributed by atoms with Gasteiger partial charge >= 0.3 is 0 Å². The molecule has 0 rings (SSSR count). The van der Waals surface area contributed by atoms with E-state index in [0.717, 1.165) is 5.92 Å². The predicted octanol–water partition coefficient (Wildman–Crippen LogP) is 7.51. The molecule has 0 spiro atoms. The number of hydrogen-bond acceptors (Lipinski definition) is 0. The highest BCUT2D eigenvalue weighted by Crippen LogP contribution is 2.18. The summed E-state index contributed by atoms with van der Waals surface area (Å²) >= 11 is 0. The van der Waals surface area contributed by atoms with Gasteiger partial charge in [0, 0.05) is 0 Å². The fraction of sp³-hybridized carbons (Fsp3) is 1.00. The lowest BCUT2D eigenvalue weighted by Crippen LogP contribution is -1.95. The molecule has 1 unspecified atom stereocenters. The van der Waals surface area contributed by atoms with Crippen LogP contribution in [-0.2, 0) is 0 Å². The Morgan fingerprint density at radius 2 is 0.789 bits per heavy atom. The normalized spacial score (nSPS) is 12.8. The van der Waals surface area contributed by atoms with Crippen LogP contribution < -0.4 is 0 Å². The second kappa shape index (κ2) is 16.1. The van der Waals surface area contributed by atoms with Gasteiger partial charge in [-0.25, -0.2) is 0 Å². The van der Waals surface area contributed by atoms with Gasteiger partial charge in [-0.1, -0.05) is 117 Å². The van der Waals surface area contributed by atoms with Crippen LogP contribution in [-0.4, -0.2) is 0 Å². The monoisotopic (exact) mass is 268 g/mol. The molecule has 0 aliphatic heterocycles. The quantitative estimate of drug-likeness (QED) is 0.269. The smallest absolute Gasteiger partial charge is 0.0443 e. The molecule has 0 saturated heterocycles. The van der Waals surface area contributed by atoms with Crippen molar-refractivity contribution in [1.82, 2.24) is 0 Å². The van der Waals surface area contributed by atoms with Crippen LogP contribution in [0.2, 0.25) is 0 Å². The van der Waals surface area contributed by atoms with Gasteiger partial charge < -0.3 is 0 Å². The first-order chi connectivity index (χ1) is 9.31. The summed E-state index contributed by atoms with van der Waals surface area (Å²) in [7, 11) is 0. The molecule has 0 heterocycles. The first kappa shape index (κ1) is 19.0. The van der Waals surface area contributed by atoms with Gasteiger partial charge in [-0.15, -0.1) is 0 Å². The van der Waals surface area contributed by atoms with E-state index in [-0.39, 0.29) is 0 Å². The van der Waals surface area contributed by atoms with Crippen LogP contribution in [0.1, 0.15) is 117 Å². The number of unbranched alkanes of at least 4 members (excludes halogenated alkanes) is 11. The average Bonchev–Trinajstić information content (AvgIpc) is 2.42. The van der Waals surface area contributed by atoms with Crippen LogP contribution >= 0.6 is 0 Å². The minimum atomic E-state index is 0.974. The molecule has 0 fully saturated rings. The Bertz CT molecular complexity index is 150. The van der Waals surface area contributed by atoms with Crippen molar-refractivity contribution < 1.29 is 0 Å². The van der Waals surface area contributed by atoms with Crippen molar-refractivity contribution in [1.29, 1.82) is 0 Å². The van der Waals surface area contributed by atoms with Crippen LogP contribution in [0.4, 0.5) is 0 Å². The molecule has 0 aromatic rings. The van der Waals surface area contributed by atoms with Gasteiger partial charge in [-0.3, -0.25) is 0 Å². The maximum Gasteiger partial charge on any atom is -0.0443 e. The molecule has 0 aliphatic carbocycles. The topological polar surface area (TPSA) is 0 Å². The fourth-order valence-corrected chi connectivity index (χ4v) is 2.87. The minimum Gasteiger partial charge on any atom is -0.0654 e. The Labute approximate surface area is 123 Å². The highest BCUT2D eigenvalue weighted by molar-refractivity contribution is 4.55. The third kappa shape index (κ3) is 15.9. The van der Waals surface area contributed by atoms with Gasteiger partial charge in [-0.2, -0.15) is 0 Å². The predicted molar refractivity (Wildman–Crippen MR) is 89.8 cm³/mol. The molecule has 0 amide bonds. The number of rotatable bonds is 15. The molecular weight excluding hydrogens is 228 g/mol. The Balaban J connectivity index is 3.07. The molecule has 0 nitrogen and oxygen atoms in total. The zero-order valence-electron chi connectivity index (χ0n) is 14.2. The maximum atomic E-state index is 2.46. The fourth-order valence-electron chi connectivity index (χ4n) is 2.87. The molecular formula is C19H40. The SMILES string of the molecule is CCCCCCCCCCCC(C)CCCCCC. The first-order valence-electron chi connectivity index (χ1n) is 9.31. The Kier molecular flexibility index (Phi) is 16.1. The summed E-state index contributed by atoms with van der Waals surface area (Å²) in [6.45, 7) is 7.05. The van der Waals surface area contributed by atoms with Crippen LogP contribution in [0.3, 0.4) is 0 Å². The molecule has 0 aliphatic rings. The lowest BCUT2D eigenvalue weighted by atomic mass is 9.96. The third-order valence-electron chi connectivity index (χ3n) is 4.35. The van der Waals surface area contributed by atoms with Gasteiger partial charge in [0.15, 0.2) is 0 Å². The van der Waals surface area contributed by atoms with Crippen molar-refractivity contribution in [3.63, 3.8) is 0 Å².